The van der Waals surface area contributed by atoms with E-state index in [-0.39, 0.29) is 44.6 Å². The zero-order chi connectivity index (χ0) is 23.8. The maximum absolute atomic E-state index is 13.3. The van der Waals surface area contributed by atoms with Crippen molar-refractivity contribution >= 4 is 11.8 Å². The largest absolute Gasteiger partial charge is 0.461 e. The Kier molecular flexibility index (Phi) is 4.30. The lowest BCUT2D eigenvalue weighted by Crippen LogP contribution is -2.67. The lowest BCUT2D eigenvalue weighted by atomic mass is 9.31. The third-order valence-electron chi connectivity index (χ3n) is 13.8. The van der Waals surface area contributed by atoms with Gasteiger partial charge in [-0.2, -0.15) is 0 Å². The maximum atomic E-state index is 13.3. The second-order valence-corrected chi connectivity index (χ2v) is 15.3. The van der Waals surface area contributed by atoms with Crippen LogP contribution in [0.2, 0.25) is 0 Å². The van der Waals surface area contributed by atoms with Crippen molar-refractivity contribution in [2.75, 3.05) is 0 Å². The van der Waals surface area contributed by atoms with E-state index >= 15 is 0 Å². The molecule has 0 aromatic rings. The van der Waals surface area contributed by atoms with Crippen LogP contribution in [0.15, 0.2) is 0 Å². The van der Waals surface area contributed by atoms with Crippen LogP contribution in [0.25, 0.3) is 0 Å². The molecule has 5 saturated carbocycles. The molecule has 1 heterocycles. The lowest BCUT2D eigenvalue weighted by Gasteiger charge is -2.72. The zero-order valence-corrected chi connectivity index (χ0v) is 22.2. The summed E-state index contributed by atoms with van der Waals surface area (Å²) < 4.78 is 6.27. The van der Waals surface area contributed by atoms with Gasteiger partial charge in [0.2, 0.25) is 0 Å². The van der Waals surface area contributed by atoms with Gasteiger partial charge < -0.3 is 4.74 Å². The second kappa shape index (κ2) is 6.28. The highest BCUT2D eigenvalue weighted by Crippen LogP contribution is 2.77. The number of fused-ring (bicyclic) bond motifs is 5. The van der Waals surface area contributed by atoms with E-state index in [1.54, 1.807) is 0 Å². The quantitative estimate of drug-likeness (QED) is 0.371. The molecule has 2 bridgehead atoms. The Hall–Kier alpha value is -0.860. The van der Waals surface area contributed by atoms with Crippen molar-refractivity contribution in [3.05, 3.63) is 0 Å². The molecule has 0 spiro atoms. The predicted molar refractivity (Wildman–Crippen MR) is 129 cm³/mol. The molecule has 0 unspecified atom stereocenters. The van der Waals surface area contributed by atoms with Gasteiger partial charge in [0.1, 0.15) is 11.9 Å². The van der Waals surface area contributed by atoms with Gasteiger partial charge in [0.15, 0.2) is 0 Å². The van der Waals surface area contributed by atoms with Crippen LogP contribution >= 0.6 is 0 Å². The highest BCUT2D eigenvalue weighted by molar-refractivity contribution is 5.85. The summed E-state index contributed by atoms with van der Waals surface area (Å²) in [7, 11) is 0. The van der Waals surface area contributed by atoms with Gasteiger partial charge in [-0.3, -0.25) is 9.59 Å². The summed E-state index contributed by atoms with van der Waals surface area (Å²) in [5.74, 6) is 2.80. The topological polar surface area (TPSA) is 43.4 Å². The number of Topliss-reactive ketones (excluding diaryl/α,β-unsaturated/α-hetero) is 1. The number of ketones is 1. The van der Waals surface area contributed by atoms with Crippen LogP contribution in [-0.4, -0.2) is 17.9 Å². The first kappa shape index (κ1) is 22.6. The molecule has 184 valence electrons. The molecule has 0 radical (unpaired) electrons. The fraction of sp³-hybridized carbons (Fsp3) is 0.933. The van der Waals surface area contributed by atoms with E-state index in [0.717, 1.165) is 32.1 Å². The van der Waals surface area contributed by atoms with Gasteiger partial charge in [0.05, 0.1) is 5.41 Å². The van der Waals surface area contributed by atoms with Crippen molar-refractivity contribution in [1.82, 2.24) is 0 Å². The minimum Gasteiger partial charge on any atom is -0.461 e. The molecule has 1 aliphatic heterocycles. The van der Waals surface area contributed by atoms with Crippen LogP contribution in [0.5, 0.6) is 0 Å². The lowest BCUT2D eigenvalue weighted by molar-refractivity contribution is -0.239. The average molecular weight is 455 g/mol. The predicted octanol–water partition coefficient (Wildman–Crippen LogP) is 6.97. The monoisotopic (exact) mass is 454 g/mol. The van der Waals surface area contributed by atoms with Crippen LogP contribution in [-0.2, 0) is 14.3 Å². The molecule has 1 saturated heterocycles. The molecule has 0 aromatic carbocycles. The van der Waals surface area contributed by atoms with E-state index in [1.807, 2.05) is 0 Å². The van der Waals surface area contributed by atoms with Crippen LogP contribution in [0.1, 0.15) is 113 Å². The van der Waals surface area contributed by atoms with E-state index in [4.69, 9.17) is 4.74 Å². The maximum Gasteiger partial charge on any atom is 0.312 e. The van der Waals surface area contributed by atoms with Gasteiger partial charge in [0.25, 0.3) is 0 Å². The third kappa shape index (κ3) is 2.39. The van der Waals surface area contributed by atoms with E-state index < -0.39 is 0 Å². The van der Waals surface area contributed by atoms with Gasteiger partial charge >= 0.3 is 5.97 Å². The van der Waals surface area contributed by atoms with Crippen LogP contribution in [0.3, 0.4) is 0 Å². The van der Waals surface area contributed by atoms with Crippen LogP contribution < -0.4 is 0 Å². The first-order valence-corrected chi connectivity index (χ1v) is 14.0. The number of carbonyl (C=O) groups excluding carboxylic acids is 2. The van der Waals surface area contributed by atoms with Crippen molar-refractivity contribution in [2.45, 2.75) is 119 Å². The number of rotatable bonds is 0. The number of hydrogen-bond acceptors (Lipinski definition) is 3. The average Bonchev–Trinajstić information content (AvgIpc) is 2.99. The first-order valence-electron chi connectivity index (χ1n) is 14.0. The second-order valence-electron chi connectivity index (χ2n) is 15.3. The smallest absolute Gasteiger partial charge is 0.312 e. The van der Waals surface area contributed by atoms with Crippen molar-refractivity contribution in [3.63, 3.8) is 0 Å². The summed E-state index contributed by atoms with van der Waals surface area (Å²) >= 11 is 0. The number of esters is 1. The fourth-order valence-corrected chi connectivity index (χ4v) is 11.6. The molecule has 6 rings (SSSR count). The Morgan fingerprint density at radius 3 is 2.15 bits per heavy atom. The molecule has 3 nitrogen and oxygen atoms in total. The molecular weight excluding hydrogens is 408 g/mol. The van der Waals surface area contributed by atoms with Gasteiger partial charge in [-0.25, -0.2) is 0 Å². The van der Waals surface area contributed by atoms with Gasteiger partial charge in [-0.15, -0.1) is 0 Å². The van der Waals surface area contributed by atoms with Crippen LogP contribution in [0.4, 0.5) is 0 Å². The summed E-state index contributed by atoms with van der Waals surface area (Å²) in [5, 5.41) is 0. The highest BCUT2D eigenvalue weighted by Gasteiger charge is 2.75. The first-order chi connectivity index (χ1) is 15.2. The molecule has 3 heteroatoms. The van der Waals surface area contributed by atoms with Crippen LogP contribution in [0, 0.1) is 56.2 Å². The van der Waals surface area contributed by atoms with Gasteiger partial charge in [-0.1, -0.05) is 48.5 Å². The SMILES string of the molecule is CC1(C)CC[C@@]23CC[C@@]4(C)[C@H](CC[C@H]5[C@@]6(C)CCC(=O)C(C)(C)[C@@H]6CC[C@@]54C)[C@@H]2[C@@H]1OC3=O. The Bertz CT molecular complexity index is 918. The van der Waals surface area contributed by atoms with Crippen molar-refractivity contribution < 1.29 is 14.3 Å². The molecule has 5 aliphatic carbocycles. The third-order valence-corrected chi connectivity index (χ3v) is 13.8. The standard InChI is InChI=1S/C30H46O3/c1-25(2)14-16-30-17-15-28(6)18(22(30)23(25)33-24(30)32)8-9-20-27(5)12-11-21(31)26(3,4)19(27)10-13-29(20,28)7/h18-20,22-23H,8-17H2,1-7H3/t18-,19+,20+,22-,23+,27+,28+,29+,30-/m1/s1. The zero-order valence-electron chi connectivity index (χ0n) is 22.2. The van der Waals surface area contributed by atoms with E-state index in [2.05, 4.69) is 48.5 Å². The normalized spacial score (nSPS) is 56.2. The van der Waals surface area contributed by atoms with Gasteiger partial charge in [-0.05, 0) is 91.8 Å². The van der Waals surface area contributed by atoms with E-state index in [0.29, 0.717) is 29.5 Å². The van der Waals surface area contributed by atoms with E-state index in [1.165, 1.54) is 32.1 Å². The molecular formula is C30H46O3. The summed E-state index contributed by atoms with van der Waals surface area (Å²) in [4.78, 5) is 26.3. The highest BCUT2D eigenvalue weighted by atomic mass is 16.6. The number of carbonyl (C=O) groups is 2. The molecule has 33 heavy (non-hydrogen) atoms. The minimum absolute atomic E-state index is 0.0910. The molecule has 6 fully saturated rings. The molecule has 9 atom stereocenters. The van der Waals surface area contributed by atoms with Gasteiger partial charge in [0, 0.05) is 23.2 Å². The molecule has 6 aliphatic rings. The summed E-state index contributed by atoms with van der Waals surface area (Å²) in [6.45, 7) is 17.0. The Morgan fingerprint density at radius 2 is 1.42 bits per heavy atom. The Labute approximate surface area is 201 Å². The minimum atomic E-state index is -0.200. The summed E-state index contributed by atoms with van der Waals surface area (Å²) in [6.07, 6.45) is 11.2. The molecule has 0 N–H and O–H groups in total. The van der Waals surface area contributed by atoms with E-state index in [9.17, 15) is 9.59 Å². The summed E-state index contributed by atoms with van der Waals surface area (Å²) in [5.41, 5.74) is 0.494. The number of hydrogen-bond donors (Lipinski definition) is 0. The molecule has 0 amide bonds. The summed E-state index contributed by atoms with van der Waals surface area (Å²) in [6, 6.07) is 0. The Morgan fingerprint density at radius 1 is 0.727 bits per heavy atom. The fourth-order valence-electron chi connectivity index (χ4n) is 11.6. The Balaban J connectivity index is 1.42. The van der Waals surface area contributed by atoms with Crippen molar-refractivity contribution in [2.24, 2.45) is 56.2 Å². The van der Waals surface area contributed by atoms with Crippen molar-refractivity contribution in [1.29, 1.82) is 0 Å². The number of ether oxygens (including phenoxy) is 1. The van der Waals surface area contributed by atoms with Crippen molar-refractivity contribution in [3.8, 4) is 0 Å². The molecule has 0 aromatic heterocycles.